The summed E-state index contributed by atoms with van der Waals surface area (Å²) in [6, 6.07) is 14.9. The van der Waals surface area contributed by atoms with E-state index >= 15 is 0 Å². The Morgan fingerprint density at radius 3 is 1.96 bits per heavy atom. The van der Waals surface area contributed by atoms with E-state index in [1.54, 1.807) is 0 Å². The van der Waals surface area contributed by atoms with E-state index in [0.717, 1.165) is 5.56 Å². The second-order valence-electron chi connectivity index (χ2n) is 5.94. The molecule has 0 saturated heterocycles. The number of hydrogen-bond acceptors (Lipinski definition) is 6. The quantitative estimate of drug-likeness (QED) is 0.331. The fourth-order valence-electron chi connectivity index (χ4n) is 2.86. The largest absolute Gasteiger partial charge is 0.504 e. The molecule has 0 spiro atoms. The number of fused-ring (bicyclic) bond motifs is 3. The third-order valence-corrected chi connectivity index (χ3v) is 4.17. The molecule has 4 aromatic rings. The maximum atomic E-state index is 9.88. The molecule has 3 aromatic carbocycles. The maximum Gasteiger partial charge on any atom is 0.222 e. The van der Waals surface area contributed by atoms with E-state index in [0.29, 0.717) is 21.7 Å². The van der Waals surface area contributed by atoms with Crippen LogP contribution in [-0.2, 0) is 6.61 Å². The van der Waals surface area contributed by atoms with Crippen LogP contribution in [0.3, 0.4) is 0 Å². The van der Waals surface area contributed by atoms with Crippen molar-refractivity contribution in [2.45, 2.75) is 6.61 Å². The number of aromatic nitrogens is 1. The molecule has 0 radical (unpaired) electrons. The van der Waals surface area contributed by atoms with Crippen LogP contribution in [0.25, 0.3) is 21.7 Å². The summed E-state index contributed by atoms with van der Waals surface area (Å²) in [7, 11) is 0. The monoisotopic (exact) mass is 349 g/mol. The van der Waals surface area contributed by atoms with Crippen LogP contribution in [0, 0.1) is 0 Å². The molecule has 0 aliphatic carbocycles. The topological polar surface area (TPSA) is 103 Å². The van der Waals surface area contributed by atoms with Gasteiger partial charge < -0.3 is 25.2 Å². The van der Waals surface area contributed by atoms with Crippen molar-refractivity contribution in [3.63, 3.8) is 0 Å². The van der Waals surface area contributed by atoms with Crippen molar-refractivity contribution in [1.29, 1.82) is 0 Å². The first-order valence-corrected chi connectivity index (χ1v) is 7.91. The van der Waals surface area contributed by atoms with Crippen LogP contribution in [0.15, 0.2) is 54.6 Å². The lowest BCUT2D eigenvalue weighted by molar-refractivity contribution is 0.299. The van der Waals surface area contributed by atoms with Crippen LogP contribution in [0.1, 0.15) is 5.56 Å². The maximum absolute atomic E-state index is 9.88. The van der Waals surface area contributed by atoms with Crippen molar-refractivity contribution in [2.75, 3.05) is 0 Å². The van der Waals surface area contributed by atoms with Gasteiger partial charge in [-0.3, -0.25) is 0 Å². The predicted octanol–water partition coefficient (Wildman–Crippen LogP) is 3.79. The Hall–Kier alpha value is -3.67. The number of phenols is 4. The predicted molar refractivity (Wildman–Crippen MR) is 96.7 cm³/mol. The Morgan fingerprint density at radius 1 is 0.692 bits per heavy atom. The molecule has 0 saturated carbocycles. The van der Waals surface area contributed by atoms with Crippen molar-refractivity contribution in [3.8, 4) is 28.9 Å². The summed E-state index contributed by atoms with van der Waals surface area (Å²) in [6.07, 6.45) is 0. The van der Waals surface area contributed by atoms with E-state index in [4.69, 9.17) is 4.74 Å². The molecule has 4 N–H and O–H groups in total. The molecule has 0 fully saturated rings. The third kappa shape index (κ3) is 2.67. The normalized spacial score (nSPS) is 11.1. The van der Waals surface area contributed by atoms with Crippen LogP contribution >= 0.6 is 0 Å². The molecular formula is C20H15NO5. The second-order valence-corrected chi connectivity index (χ2v) is 5.94. The summed E-state index contributed by atoms with van der Waals surface area (Å²) in [5.74, 6) is -0.956. The first kappa shape index (κ1) is 15.8. The van der Waals surface area contributed by atoms with E-state index in [-0.39, 0.29) is 35.5 Å². The number of aromatic hydroxyl groups is 4. The first-order valence-electron chi connectivity index (χ1n) is 7.91. The number of phenolic OH excluding ortho intramolecular Hbond substituents is 4. The van der Waals surface area contributed by atoms with E-state index in [2.05, 4.69) is 4.98 Å². The van der Waals surface area contributed by atoms with Gasteiger partial charge in [0, 0.05) is 22.2 Å². The van der Waals surface area contributed by atoms with Gasteiger partial charge in [-0.25, -0.2) is 4.98 Å². The number of benzene rings is 3. The zero-order valence-corrected chi connectivity index (χ0v) is 13.5. The van der Waals surface area contributed by atoms with Gasteiger partial charge >= 0.3 is 0 Å². The summed E-state index contributed by atoms with van der Waals surface area (Å²) in [4.78, 5) is 4.41. The molecule has 1 heterocycles. The van der Waals surface area contributed by atoms with Gasteiger partial charge in [-0.15, -0.1) is 0 Å². The molecule has 0 amide bonds. The molecule has 0 aliphatic heterocycles. The molecule has 4 rings (SSSR count). The molecule has 0 unspecified atom stereocenters. The molecule has 0 atom stereocenters. The fraction of sp³-hybridized carbons (Fsp3) is 0.0500. The van der Waals surface area contributed by atoms with E-state index in [9.17, 15) is 20.4 Å². The minimum Gasteiger partial charge on any atom is -0.504 e. The Labute approximate surface area is 148 Å². The molecule has 26 heavy (non-hydrogen) atoms. The molecule has 6 heteroatoms. The minimum absolute atomic E-state index is 0.247. The average molecular weight is 349 g/mol. The lowest BCUT2D eigenvalue weighted by Crippen LogP contribution is -1.98. The van der Waals surface area contributed by atoms with Gasteiger partial charge in [0.25, 0.3) is 0 Å². The first-order chi connectivity index (χ1) is 12.5. The van der Waals surface area contributed by atoms with Gasteiger partial charge in [-0.2, -0.15) is 0 Å². The minimum atomic E-state index is -0.304. The standard InChI is InChI=1S/C20H15NO5/c22-16-6-12-13-7-17(23)19(25)9-15(13)21-20(14(12)8-18(16)24)26-10-11-4-2-1-3-5-11/h1-9,22-25H,10H2. The van der Waals surface area contributed by atoms with Crippen LogP contribution in [-0.4, -0.2) is 25.4 Å². The second kappa shape index (κ2) is 6.00. The van der Waals surface area contributed by atoms with Gasteiger partial charge in [0.2, 0.25) is 5.88 Å². The van der Waals surface area contributed by atoms with Crippen molar-refractivity contribution in [2.24, 2.45) is 0 Å². The van der Waals surface area contributed by atoms with Crippen molar-refractivity contribution >= 4 is 21.7 Å². The molecular weight excluding hydrogens is 334 g/mol. The van der Waals surface area contributed by atoms with Gasteiger partial charge in [-0.1, -0.05) is 30.3 Å². The van der Waals surface area contributed by atoms with Gasteiger partial charge in [0.05, 0.1) is 5.52 Å². The summed E-state index contributed by atoms with van der Waals surface area (Å²) in [6.45, 7) is 0.264. The lowest BCUT2D eigenvalue weighted by atomic mass is 10.0. The zero-order valence-electron chi connectivity index (χ0n) is 13.5. The molecule has 6 nitrogen and oxygen atoms in total. The summed E-state index contributed by atoms with van der Waals surface area (Å²) in [5.41, 5.74) is 1.33. The Balaban J connectivity index is 1.92. The summed E-state index contributed by atoms with van der Waals surface area (Å²) in [5, 5.41) is 40.8. The Morgan fingerprint density at radius 2 is 1.27 bits per heavy atom. The fourth-order valence-corrected chi connectivity index (χ4v) is 2.86. The number of ether oxygens (including phenoxy) is 1. The smallest absolute Gasteiger partial charge is 0.222 e. The zero-order chi connectivity index (χ0) is 18.3. The summed E-state index contributed by atoms with van der Waals surface area (Å²) < 4.78 is 5.83. The lowest BCUT2D eigenvalue weighted by Gasteiger charge is -2.13. The highest BCUT2D eigenvalue weighted by atomic mass is 16.5. The van der Waals surface area contributed by atoms with E-state index in [1.165, 1.54) is 24.3 Å². The van der Waals surface area contributed by atoms with Crippen LogP contribution < -0.4 is 4.74 Å². The third-order valence-electron chi connectivity index (χ3n) is 4.17. The SMILES string of the molecule is Oc1cc2nc(OCc3ccccc3)c3cc(O)c(O)cc3c2cc1O. The highest BCUT2D eigenvalue weighted by Crippen LogP contribution is 2.40. The van der Waals surface area contributed by atoms with Crippen molar-refractivity contribution < 1.29 is 25.2 Å². The highest BCUT2D eigenvalue weighted by molar-refractivity contribution is 6.09. The van der Waals surface area contributed by atoms with E-state index < -0.39 is 0 Å². The van der Waals surface area contributed by atoms with Crippen molar-refractivity contribution in [1.82, 2.24) is 4.98 Å². The highest BCUT2D eigenvalue weighted by Gasteiger charge is 2.15. The summed E-state index contributed by atoms with van der Waals surface area (Å²) >= 11 is 0. The molecule has 0 bridgehead atoms. The Bertz CT molecular complexity index is 1130. The molecule has 1 aromatic heterocycles. The van der Waals surface area contributed by atoms with Gasteiger partial charge in [0.15, 0.2) is 23.0 Å². The molecule has 0 aliphatic rings. The van der Waals surface area contributed by atoms with Crippen LogP contribution in [0.5, 0.6) is 28.9 Å². The average Bonchev–Trinajstić information content (AvgIpc) is 2.63. The van der Waals surface area contributed by atoms with Crippen LogP contribution in [0.2, 0.25) is 0 Å². The van der Waals surface area contributed by atoms with Gasteiger partial charge in [-0.05, 0) is 23.8 Å². The number of hydrogen-bond donors (Lipinski definition) is 4. The van der Waals surface area contributed by atoms with Crippen molar-refractivity contribution in [3.05, 3.63) is 60.2 Å². The number of rotatable bonds is 3. The molecule has 130 valence electrons. The number of pyridine rings is 1. The van der Waals surface area contributed by atoms with Gasteiger partial charge in [0.1, 0.15) is 6.61 Å². The van der Waals surface area contributed by atoms with E-state index in [1.807, 2.05) is 30.3 Å². The van der Waals surface area contributed by atoms with Crippen LogP contribution in [0.4, 0.5) is 0 Å². The number of nitrogens with zero attached hydrogens (tertiary/aromatic N) is 1. The Kier molecular flexibility index (Phi) is 3.65.